The van der Waals surface area contributed by atoms with Crippen molar-refractivity contribution in [1.82, 2.24) is 0 Å². The van der Waals surface area contributed by atoms with E-state index in [0.717, 1.165) is 0 Å². The van der Waals surface area contributed by atoms with Crippen molar-refractivity contribution in [3.8, 4) is 0 Å². The van der Waals surface area contributed by atoms with E-state index in [0.29, 0.717) is 27.9 Å². The summed E-state index contributed by atoms with van der Waals surface area (Å²) in [5.41, 5.74) is 1.91. The minimum absolute atomic E-state index is 0.237. The summed E-state index contributed by atoms with van der Waals surface area (Å²) >= 11 is 0. The highest BCUT2D eigenvalue weighted by molar-refractivity contribution is 5.82. The summed E-state index contributed by atoms with van der Waals surface area (Å²) in [6, 6.07) is 10.3. The predicted octanol–water partition coefficient (Wildman–Crippen LogP) is 4.30. The number of aliphatic hydroxyl groups is 1. The Bertz CT molecular complexity index is 793. The Morgan fingerprint density at radius 3 is 2.62 bits per heavy atom. The lowest BCUT2D eigenvalue weighted by Gasteiger charge is -2.09. The van der Waals surface area contributed by atoms with Gasteiger partial charge in [0.2, 0.25) is 0 Å². The minimum atomic E-state index is -0.901. The molecule has 2 aromatic carbocycles. The number of hydrogen-bond acceptors (Lipinski definition) is 2. The molecule has 1 unspecified atom stereocenters. The van der Waals surface area contributed by atoms with Crippen LogP contribution in [-0.4, -0.2) is 5.11 Å². The third-order valence-electron chi connectivity index (χ3n) is 3.56. The average molecular weight is 288 g/mol. The number of halogens is 2. The number of furan rings is 1. The van der Waals surface area contributed by atoms with Gasteiger partial charge in [-0.15, -0.1) is 0 Å². The summed E-state index contributed by atoms with van der Waals surface area (Å²) in [5, 5.41) is 10.9. The van der Waals surface area contributed by atoms with E-state index in [-0.39, 0.29) is 18.1 Å². The minimum Gasteiger partial charge on any atom is -0.458 e. The molecule has 0 amide bonds. The zero-order chi connectivity index (χ0) is 15.0. The quantitative estimate of drug-likeness (QED) is 0.779. The molecular formula is C17H14F2O2. The van der Waals surface area contributed by atoms with E-state index in [9.17, 15) is 13.9 Å². The smallest absolute Gasteiger partial charge is 0.137 e. The number of benzene rings is 2. The summed E-state index contributed by atoms with van der Waals surface area (Å²) in [6.07, 6.45) is -0.664. The second-order valence-corrected chi connectivity index (χ2v) is 5.08. The van der Waals surface area contributed by atoms with E-state index in [1.807, 2.05) is 0 Å². The molecule has 0 fully saturated rings. The molecule has 0 aliphatic carbocycles. The molecule has 0 saturated carbocycles. The molecule has 21 heavy (non-hydrogen) atoms. The largest absolute Gasteiger partial charge is 0.458 e. The molecule has 1 heterocycles. The third kappa shape index (κ3) is 2.67. The van der Waals surface area contributed by atoms with Crippen LogP contribution in [0.25, 0.3) is 11.0 Å². The Morgan fingerprint density at radius 1 is 1.10 bits per heavy atom. The first-order chi connectivity index (χ1) is 10.0. The van der Waals surface area contributed by atoms with Crippen molar-refractivity contribution in [2.45, 2.75) is 19.4 Å². The van der Waals surface area contributed by atoms with E-state index in [4.69, 9.17) is 4.42 Å². The van der Waals surface area contributed by atoms with Crippen molar-refractivity contribution >= 4 is 11.0 Å². The zero-order valence-electron chi connectivity index (χ0n) is 11.4. The maximum Gasteiger partial charge on any atom is 0.137 e. The molecule has 1 N–H and O–H groups in total. The standard InChI is InChI=1S/C17H14F2O2/c1-10-14-9-13(19)5-6-16(14)21-17(10)15(20)8-11-3-2-4-12(18)7-11/h2-7,9,15,20H,8H2,1H3. The molecule has 0 aliphatic heterocycles. The Morgan fingerprint density at radius 2 is 1.86 bits per heavy atom. The fraction of sp³-hybridized carbons (Fsp3) is 0.176. The SMILES string of the molecule is Cc1c(C(O)Cc2cccc(F)c2)oc2ccc(F)cc12. The highest BCUT2D eigenvalue weighted by Gasteiger charge is 2.19. The molecule has 4 heteroatoms. The molecule has 0 aliphatic rings. The van der Waals surface area contributed by atoms with Crippen molar-refractivity contribution in [3.05, 3.63) is 71.0 Å². The molecule has 0 radical (unpaired) electrons. The molecule has 2 nitrogen and oxygen atoms in total. The fourth-order valence-electron chi connectivity index (χ4n) is 2.51. The lowest BCUT2D eigenvalue weighted by atomic mass is 10.0. The number of aryl methyl sites for hydroxylation is 1. The van der Waals surface area contributed by atoms with Crippen molar-refractivity contribution in [1.29, 1.82) is 0 Å². The van der Waals surface area contributed by atoms with Crippen LogP contribution < -0.4 is 0 Å². The molecule has 108 valence electrons. The molecule has 3 aromatic rings. The molecule has 3 rings (SSSR count). The van der Waals surface area contributed by atoms with Gasteiger partial charge in [0, 0.05) is 17.4 Å². The topological polar surface area (TPSA) is 33.4 Å². The number of aliphatic hydroxyl groups excluding tert-OH is 1. The highest BCUT2D eigenvalue weighted by Crippen LogP contribution is 2.31. The maximum atomic E-state index is 13.3. The van der Waals surface area contributed by atoms with Gasteiger partial charge in [-0.1, -0.05) is 12.1 Å². The Hall–Kier alpha value is -2.20. The number of fused-ring (bicyclic) bond motifs is 1. The van der Waals surface area contributed by atoms with Crippen molar-refractivity contribution in [2.75, 3.05) is 0 Å². The third-order valence-corrected chi connectivity index (χ3v) is 3.56. The van der Waals surface area contributed by atoms with Gasteiger partial charge in [0.05, 0.1) is 0 Å². The monoisotopic (exact) mass is 288 g/mol. The van der Waals surface area contributed by atoms with Crippen LogP contribution in [0.5, 0.6) is 0 Å². The van der Waals surface area contributed by atoms with Gasteiger partial charge in [0.25, 0.3) is 0 Å². The van der Waals surface area contributed by atoms with Crippen LogP contribution in [-0.2, 0) is 6.42 Å². The first kappa shape index (κ1) is 13.8. The fourth-order valence-corrected chi connectivity index (χ4v) is 2.51. The molecule has 0 spiro atoms. The second-order valence-electron chi connectivity index (χ2n) is 5.08. The number of rotatable bonds is 3. The van der Waals surface area contributed by atoms with Crippen LogP contribution in [0.1, 0.15) is 23.0 Å². The Labute approximate surface area is 120 Å². The Balaban J connectivity index is 1.94. The van der Waals surface area contributed by atoms with Crippen LogP contribution in [0.4, 0.5) is 8.78 Å². The highest BCUT2D eigenvalue weighted by atomic mass is 19.1. The lowest BCUT2D eigenvalue weighted by molar-refractivity contribution is 0.151. The molecule has 1 atom stereocenters. The van der Waals surface area contributed by atoms with E-state index in [2.05, 4.69) is 0 Å². The van der Waals surface area contributed by atoms with E-state index in [1.54, 1.807) is 19.1 Å². The van der Waals surface area contributed by atoms with E-state index < -0.39 is 6.10 Å². The first-order valence-electron chi connectivity index (χ1n) is 6.65. The van der Waals surface area contributed by atoms with Gasteiger partial charge >= 0.3 is 0 Å². The van der Waals surface area contributed by atoms with Gasteiger partial charge in [-0.3, -0.25) is 0 Å². The van der Waals surface area contributed by atoms with Crippen LogP contribution >= 0.6 is 0 Å². The van der Waals surface area contributed by atoms with Crippen molar-refractivity contribution < 1.29 is 18.3 Å². The number of hydrogen-bond donors (Lipinski definition) is 1. The van der Waals surface area contributed by atoms with Gasteiger partial charge in [-0.05, 0) is 42.8 Å². The first-order valence-corrected chi connectivity index (χ1v) is 6.65. The van der Waals surface area contributed by atoms with Crippen LogP contribution in [0, 0.1) is 18.6 Å². The van der Waals surface area contributed by atoms with Crippen LogP contribution in [0.15, 0.2) is 46.9 Å². The maximum absolute atomic E-state index is 13.3. The predicted molar refractivity (Wildman–Crippen MR) is 76.0 cm³/mol. The van der Waals surface area contributed by atoms with Crippen molar-refractivity contribution in [2.24, 2.45) is 0 Å². The lowest BCUT2D eigenvalue weighted by Crippen LogP contribution is -2.02. The van der Waals surface area contributed by atoms with E-state index in [1.165, 1.54) is 30.3 Å². The molecule has 0 saturated heterocycles. The van der Waals surface area contributed by atoms with Crippen LogP contribution in [0.2, 0.25) is 0 Å². The summed E-state index contributed by atoms with van der Waals surface area (Å²) in [4.78, 5) is 0. The zero-order valence-corrected chi connectivity index (χ0v) is 11.4. The summed E-state index contributed by atoms with van der Waals surface area (Å²) < 4.78 is 32.0. The normalized spacial score (nSPS) is 12.8. The summed E-state index contributed by atoms with van der Waals surface area (Å²) in [5.74, 6) is -0.305. The second kappa shape index (κ2) is 5.30. The van der Waals surface area contributed by atoms with Gasteiger partial charge in [0.1, 0.15) is 29.1 Å². The molecule has 0 bridgehead atoms. The molecule has 1 aromatic heterocycles. The van der Waals surface area contributed by atoms with Crippen molar-refractivity contribution in [3.63, 3.8) is 0 Å². The van der Waals surface area contributed by atoms with Gasteiger partial charge in [0.15, 0.2) is 0 Å². The van der Waals surface area contributed by atoms with Gasteiger partial charge in [-0.2, -0.15) is 0 Å². The Kier molecular flexibility index (Phi) is 3.47. The van der Waals surface area contributed by atoms with Gasteiger partial charge in [-0.25, -0.2) is 8.78 Å². The summed E-state index contributed by atoms with van der Waals surface area (Å²) in [7, 11) is 0. The molecular weight excluding hydrogens is 274 g/mol. The van der Waals surface area contributed by atoms with Gasteiger partial charge < -0.3 is 9.52 Å². The average Bonchev–Trinajstić information content (AvgIpc) is 2.76. The van der Waals surface area contributed by atoms with Crippen LogP contribution in [0.3, 0.4) is 0 Å². The summed E-state index contributed by atoms with van der Waals surface area (Å²) in [6.45, 7) is 1.77. The van der Waals surface area contributed by atoms with E-state index >= 15 is 0 Å².